The van der Waals surface area contributed by atoms with Gasteiger partial charge in [0, 0.05) is 10.6 Å². The number of rotatable bonds is 7. The third-order valence-corrected chi connectivity index (χ3v) is 6.01. The van der Waals surface area contributed by atoms with E-state index in [4.69, 9.17) is 32.1 Å². The molecule has 166 valence electrons. The van der Waals surface area contributed by atoms with Crippen LogP contribution in [0.3, 0.4) is 0 Å². The van der Waals surface area contributed by atoms with Gasteiger partial charge in [0.15, 0.2) is 5.75 Å². The second-order valence-electron chi connectivity index (χ2n) is 6.59. The Bertz CT molecular complexity index is 1260. The van der Waals surface area contributed by atoms with E-state index in [0.29, 0.717) is 16.1 Å². The van der Waals surface area contributed by atoms with Crippen molar-refractivity contribution in [3.63, 3.8) is 0 Å². The summed E-state index contributed by atoms with van der Waals surface area (Å²) in [5.41, 5.74) is 4.12. The van der Waals surface area contributed by atoms with E-state index in [1.165, 1.54) is 37.6 Å². The summed E-state index contributed by atoms with van der Waals surface area (Å²) in [7, 11) is -2.78. The number of hydrazone groups is 1. The van der Waals surface area contributed by atoms with Crippen LogP contribution >= 0.6 is 23.2 Å². The molecule has 0 aliphatic rings. The van der Waals surface area contributed by atoms with E-state index in [-0.39, 0.29) is 21.4 Å². The Kier molecular flexibility index (Phi) is 7.40. The van der Waals surface area contributed by atoms with Crippen molar-refractivity contribution in [1.82, 2.24) is 5.43 Å². The molecule has 7 nitrogen and oxygen atoms in total. The zero-order chi connectivity index (χ0) is 23.3. The van der Waals surface area contributed by atoms with Crippen LogP contribution in [-0.4, -0.2) is 27.6 Å². The van der Waals surface area contributed by atoms with Crippen LogP contribution in [-0.2, 0) is 10.1 Å². The average Bonchev–Trinajstić information content (AvgIpc) is 2.76. The molecule has 1 amide bonds. The molecule has 0 saturated heterocycles. The van der Waals surface area contributed by atoms with Crippen LogP contribution in [0, 0.1) is 6.92 Å². The molecule has 0 aliphatic heterocycles. The van der Waals surface area contributed by atoms with Crippen molar-refractivity contribution in [2.24, 2.45) is 5.10 Å². The van der Waals surface area contributed by atoms with E-state index >= 15 is 0 Å². The van der Waals surface area contributed by atoms with Gasteiger partial charge in [0.05, 0.1) is 18.3 Å². The number of carbonyl (C=O) groups excluding carboxylic acids is 1. The molecule has 3 aromatic carbocycles. The minimum absolute atomic E-state index is 0.00878. The largest absolute Gasteiger partial charge is 0.493 e. The van der Waals surface area contributed by atoms with Gasteiger partial charge in [-0.15, -0.1) is 0 Å². The molecule has 3 rings (SSSR count). The van der Waals surface area contributed by atoms with Gasteiger partial charge in [0.1, 0.15) is 4.90 Å². The van der Waals surface area contributed by atoms with Gasteiger partial charge < -0.3 is 8.92 Å². The Morgan fingerprint density at radius 1 is 1.03 bits per heavy atom. The van der Waals surface area contributed by atoms with Gasteiger partial charge >= 0.3 is 10.1 Å². The maximum absolute atomic E-state index is 12.6. The van der Waals surface area contributed by atoms with Crippen LogP contribution in [0.5, 0.6) is 11.5 Å². The Labute approximate surface area is 195 Å². The molecule has 0 unspecified atom stereocenters. The number of halogens is 2. The number of carbonyl (C=O) groups is 1. The molecule has 0 fully saturated rings. The molecule has 3 aromatic rings. The lowest BCUT2D eigenvalue weighted by Gasteiger charge is -2.13. The van der Waals surface area contributed by atoms with Gasteiger partial charge in [-0.2, -0.15) is 13.5 Å². The molecule has 0 bridgehead atoms. The Morgan fingerprint density at radius 3 is 2.31 bits per heavy atom. The molecule has 0 spiro atoms. The highest BCUT2D eigenvalue weighted by molar-refractivity contribution is 7.87. The third-order valence-electron chi connectivity index (χ3n) is 4.24. The monoisotopic (exact) mass is 492 g/mol. The molecule has 0 radical (unpaired) electrons. The summed E-state index contributed by atoms with van der Waals surface area (Å²) in [4.78, 5) is 12.1. The zero-order valence-electron chi connectivity index (χ0n) is 17.0. The number of benzene rings is 3. The molecular weight excluding hydrogens is 475 g/mol. The van der Waals surface area contributed by atoms with E-state index in [9.17, 15) is 13.2 Å². The highest BCUT2D eigenvalue weighted by Gasteiger charge is 2.22. The van der Waals surface area contributed by atoms with Crippen LogP contribution in [0.15, 0.2) is 70.7 Å². The SMILES string of the molecule is COc1cc(/C=N\NC(=O)c2ccc(Cl)cc2)cc(Cl)c1OS(=O)(=O)c1ccc(C)cc1. The topological polar surface area (TPSA) is 94.1 Å². The van der Waals surface area contributed by atoms with Gasteiger partial charge in [-0.05, 0) is 61.0 Å². The van der Waals surface area contributed by atoms with Gasteiger partial charge in [0.2, 0.25) is 5.75 Å². The maximum Gasteiger partial charge on any atom is 0.339 e. The fourth-order valence-electron chi connectivity index (χ4n) is 2.59. The van der Waals surface area contributed by atoms with Crippen molar-refractivity contribution >= 4 is 45.4 Å². The predicted molar refractivity (Wildman–Crippen MR) is 124 cm³/mol. The molecule has 0 saturated carbocycles. The summed E-state index contributed by atoms with van der Waals surface area (Å²) < 4.78 is 35.7. The van der Waals surface area contributed by atoms with Crippen LogP contribution < -0.4 is 14.3 Å². The van der Waals surface area contributed by atoms with E-state index in [0.717, 1.165) is 5.56 Å². The van der Waals surface area contributed by atoms with E-state index < -0.39 is 16.0 Å². The highest BCUT2D eigenvalue weighted by Crippen LogP contribution is 2.38. The van der Waals surface area contributed by atoms with E-state index in [1.807, 2.05) is 6.92 Å². The molecular formula is C22H18Cl2N2O5S. The number of hydrogen-bond acceptors (Lipinski definition) is 6. The lowest BCUT2D eigenvalue weighted by molar-refractivity contribution is 0.0955. The smallest absolute Gasteiger partial charge is 0.339 e. The van der Waals surface area contributed by atoms with Crippen LogP contribution in [0.2, 0.25) is 10.0 Å². The molecule has 10 heteroatoms. The summed E-state index contributed by atoms with van der Waals surface area (Å²) in [6.07, 6.45) is 1.33. The number of methoxy groups -OCH3 is 1. The van der Waals surface area contributed by atoms with Crippen LogP contribution in [0.1, 0.15) is 21.5 Å². The second-order valence-corrected chi connectivity index (χ2v) is 8.98. The van der Waals surface area contributed by atoms with Crippen LogP contribution in [0.4, 0.5) is 0 Å². The Balaban J connectivity index is 1.78. The maximum atomic E-state index is 12.6. The molecule has 1 N–H and O–H groups in total. The standard InChI is InChI=1S/C22H18Cl2N2O5S/c1-14-3-9-18(10-4-14)32(28,29)31-21-19(24)11-15(12-20(21)30-2)13-25-26-22(27)16-5-7-17(23)8-6-16/h3-13H,1-2H3,(H,26,27)/b25-13-. The van der Waals surface area contributed by atoms with Crippen molar-refractivity contribution < 1.29 is 22.1 Å². The number of hydrogen-bond donors (Lipinski definition) is 1. The normalized spacial score (nSPS) is 11.4. The van der Waals surface area contributed by atoms with Gasteiger partial charge in [0.25, 0.3) is 5.91 Å². The first-order valence-corrected chi connectivity index (χ1v) is 11.3. The van der Waals surface area contributed by atoms with Crippen LogP contribution in [0.25, 0.3) is 0 Å². The van der Waals surface area contributed by atoms with Crippen molar-refractivity contribution in [2.75, 3.05) is 7.11 Å². The minimum atomic E-state index is -4.12. The first-order valence-electron chi connectivity index (χ1n) is 9.17. The predicted octanol–water partition coefficient (Wildman–Crippen LogP) is 4.84. The third kappa shape index (κ3) is 5.79. The van der Waals surface area contributed by atoms with E-state index in [1.54, 1.807) is 36.4 Å². The molecule has 0 aliphatic carbocycles. The Hall–Kier alpha value is -3.07. The fourth-order valence-corrected chi connectivity index (χ4v) is 3.98. The molecule has 0 aromatic heterocycles. The summed E-state index contributed by atoms with van der Waals surface area (Å²) in [6.45, 7) is 1.84. The summed E-state index contributed by atoms with van der Waals surface area (Å²) in [5.74, 6) is -0.504. The fraction of sp³-hybridized carbons (Fsp3) is 0.0909. The summed E-state index contributed by atoms with van der Waals surface area (Å²) in [5, 5.41) is 4.39. The van der Waals surface area contributed by atoms with Crippen molar-refractivity contribution in [1.29, 1.82) is 0 Å². The zero-order valence-corrected chi connectivity index (χ0v) is 19.3. The van der Waals surface area contributed by atoms with Crippen molar-refractivity contribution in [3.05, 3.63) is 87.4 Å². The number of aryl methyl sites for hydroxylation is 1. The van der Waals surface area contributed by atoms with E-state index in [2.05, 4.69) is 10.5 Å². The minimum Gasteiger partial charge on any atom is -0.493 e. The van der Waals surface area contributed by atoms with Crippen molar-refractivity contribution in [2.45, 2.75) is 11.8 Å². The highest BCUT2D eigenvalue weighted by atomic mass is 35.5. The first-order chi connectivity index (χ1) is 15.2. The second kappa shape index (κ2) is 10.0. The molecule has 32 heavy (non-hydrogen) atoms. The van der Waals surface area contributed by atoms with Gasteiger partial charge in [-0.25, -0.2) is 5.43 Å². The lowest BCUT2D eigenvalue weighted by Crippen LogP contribution is -2.17. The van der Waals surface area contributed by atoms with Crippen molar-refractivity contribution in [3.8, 4) is 11.5 Å². The number of amides is 1. The van der Waals surface area contributed by atoms with Gasteiger partial charge in [-0.3, -0.25) is 4.79 Å². The number of ether oxygens (including phenoxy) is 1. The lowest BCUT2D eigenvalue weighted by atomic mass is 10.2. The number of nitrogens with one attached hydrogen (secondary N) is 1. The quantitative estimate of drug-likeness (QED) is 0.289. The summed E-state index contributed by atoms with van der Waals surface area (Å²) in [6, 6.07) is 15.4. The molecule has 0 atom stereocenters. The average molecular weight is 493 g/mol. The number of nitrogens with zero attached hydrogens (tertiary/aromatic N) is 1. The van der Waals surface area contributed by atoms with Gasteiger partial charge in [-0.1, -0.05) is 40.9 Å². The Morgan fingerprint density at radius 2 is 1.69 bits per heavy atom. The molecule has 0 heterocycles. The summed E-state index contributed by atoms with van der Waals surface area (Å²) >= 11 is 12.1. The first kappa shape index (κ1) is 23.6.